The Bertz CT molecular complexity index is 701. The zero-order valence-electron chi connectivity index (χ0n) is 12.9. The molecule has 1 amide bonds. The molecule has 0 spiro atoms. The van der Waals surface area contributed by atoms with Gasteiger partial charge in [-0.15, -0.1) is 0 Å². The third-order valence-corrected chi connectivity index (χ3v) is 3.66. The van der Waals surface area contributed by atoms with Crippen LogP contribution in [-0.4, -0.2) is 24.4 Å². The van der Waals surface area contributed by atoms with Gasteiger partial charge < -0.3 is 5.32 Å². The number of carbonyl (C=O) groups is 1. The minimum atomic E-state index is -0.488. The van der Waals surface area contributed by atoms with Crippen LogP contribution in [0.5, 0.6) is 0 Å². The van der Waals surface area contributed by atoms with Crippen LogP contribution in [0.2, 0.25) is 5.02 Å². The first-order valence-electron chi connectivity index (χ1n) is 7.04. The maximum atomic E-state index is 13.7. The van der Waals surface area contributed by atoms with Crippen LogP contribution in [0.3, 0.4) is 0 Å². The Labute approximate surface area is 138 Å². The fourth-order valence-corrected chi connectivity index (χ4v) is 2.39. The molecular formula is C17H17ClF2N2O. The first-order chi connectivity index (χ1) is 10.9. The predicted octanol–water partition coefficient (Wildman–Crippen LogP) is 4.00. The molecule has 0 aliphatic rings. The average molecular weight is 339 g/mol. The molecule has 122 valence electrons. The van der Waals surface area contributed by atoms with Crippen molar-refractivity contribution in [1.29, 1.82) is 0 Å². The number of rotatable bonds is 5. The van der Waals surface area contributed by atoms with E-state index in [1.54, 1.807) is 31.0 Å². The van der Waals surface area contributed by atoms with E-state index in [0.29, 0.717) is 10.6 Å². The number of halogens is 3. The van der Waals surface area contributed by atoms with Crippen molar-refractivity contribution >= 4 is 23.2 Å². The van der Waals surface area contributed by atoms with Gasteiger partial charge in [0.1, 0.15) is 11.6 Å². The lowest BCUT2D eigenvalue weighted by atomic mass is 10.2. The largest absolute Gasteiger partial charge is 0.322 e. The summed E-state index contributed by atoms with van der Waals surface area (Å²) >= 11 is 5.96. The van der Waals surface area contributed by atoms with Gasteiger partial charge in [-0.25, -0.2) is 8.78 Å². The van der Waals surface area contributed by atoms with Crippen molar-refractivity contribution in [2.45, 2.75) is 13.5 Å². The van der Waals surface area contributed by atoms with Gasteiger partial charge in [-0.2, -0.15) is 0 Å². The molecule has 2 aromatic carbocycles. The molecule has 2 rings (SSSR count). The standard InChI is InChI=1S/C17H17ClF2N2O/c1-11-6-7-16(15(20)8-11)21-17(23)10-22(2)9-12-13(18)4-3-5-14(12)19/h3-8H,9-10H2,1-2H3,(H,21,23). The minimum Gasteiger partial charge on any atom is -0.322 e. The Kier molecular flexibility index (Phi) is 5.69. The normalized spacial score (nSPS) is 10.9. The molecule has 0 heterocycles. The van der Waals surface area contributed by atoms with Crippen LogP contribution in [-0.2, 0) is 11.3 Å². The van der Waals surface area contributed by atoms with E-state index in [-0.39, 0.29) is 24.7 Å². The topological polar surface area (TPSA) is 32.3 Å². The quantitative estimate of drug-likeness (QED) is 0.893. The number of nitrogens with zero attached hydrogens (tertiary/aromatic N) is 1. The fourth-order valence-electron chi connectivity index (χ4n) is 2.17. The second kappa shape index (κ2) is 7.53. The second-order valence-corrected chi connectivity index (χ2v) is 5.81. The molecule has 2 aromatic rings. The van der Waals surface area contributed by atoms with Crippen molar-refractivity contribution in [3.05, 3.63) is 64.2 Å². The summed E-state index contributed by atoms with van der Waals surface area (Å²) in [5, 5.41) is 2.81. The first kappa shape index (κ1) is 17.4. The van der Waals surface area contributed by atoms with Gasteiger partial charge in [-0.3, -0.25) is 9.69 Å². The molecule has 0 bridgehead atoms. The predicted molar refractivity (Wildman–Crippen MR) is 87.5 cm³/mol. The summed E-state index contributed by atoms with van der Waals surface area (Å²) < 4.78 is 27.4. The van der Waals surface area contributed by atoms with Gasteiger partial charge in [0.25, 0.3) is 0 Å². The number of likely N-dealkylation sites (N-methyl/N-ethyl adjacent to an activating group) is 1. The van der Waals surface area contributed by atoms with Crippen LogP contribution >= 0.6 is 11.6 Å². The Morgan fingerprint density at radius 3 is 2.61 bits per heavy atom. The molecule has 0 aromatic heterocycles. The van der Waals surface area contributed by atoms with Gasteiger partial charge in [0, 0.05) is 17.1 Å². The van der Waals surface area contributed by atoms with Crippen molar-refractivity contribution in [1.82, 2.24) is 4.90 Å². The Balaban J connectivity index is 1.97. The summed E-state index contributed by atoms with van der Waals surface area (Å²) in [7, 11) is 1.66. The van der Waals surface area contributed by atoms with E-state index in [4.69, 9.17) is 11.6 Å². The maximum absolute atomic E-state index is 13.7. The van der Waals surface area contributed by atoms with Crippen LogP contribution in [0.15, 0.2) is 36.4 Å². The van der Waals surface area contributed by atoms with Crippen LogP contribution in [0.25, 0.3) is 0 Å². The molecule has 0 fully saturated rings. The van der Waals surface area contributed by atoms with Crippen LogP contribution in [0.1, 0.15) is 11.1 Å². The molecule has 0 saturated carbocycles. The number of amides is 1. The highest BCUT2D eigenvalue weighted by atomic mass is 35.5. The molecule has 6 heteroatoms. The molecule has 0 aliphatic carbocycles. The van der Waals surface area contributed by atoms with E-state index >= 15 is 0 Å². The van der Waals surface area contributed by atoms with Gasteiger partial charge >= 0.3 is 0 Å². The SMILES string of the molecule is Cc1ccc(NC(=O)CN(C)Cc2c(F)cccc2Cl)c(F)c1. The molecule has 0 radical (unpaired) electrons. The number of anilines is 1. The molecule has 0 atom stereocenters. The van der Waals surface area contributed by atoms with Crippen molar-refractivity contribution in [3.63, 3.8) is 0 Å². The summed E-state index contributed by atoms with van der Waals surface area (Å²) in [4.78, 5) is 13.6. The molecule has 1 N–H and O–H groups in total. The summed E-state index contributed by atoms with van der Waals surface area (Å²) in [5.41, 5.74) is 1.22. The Hall–Kier alpha value is -1.98. The van der Waals surface area contributed by atoms with Gasteiger partial charge in [0.2, 0.25) is 5.91 Å². The Morgan fingerprint density at radius 1 is 1.22 bits per heavy atom. The third kappa shape index (κ3) is 4.74. The van der Waals surface area contributed by atoms with Gasteiger partial charge in [-0.1, -0.05) is 23.7 Å². The maximum Gasteiger partial charge on any atom is 0.238 e. The summed E-state index contributed by atoms with van der Waals surface area (Å²) in [5.74, 6) is -1.30. The highest BCUT2D eigenvalue weighted by molar-refractivity contribution is 6.31. The van der Waals surface area contributed by atoms with Gasteiger partial charge in [-0.05, 0) is 43.8 Å². The van der Waals surface area contributed by atoms with E-state index in [1.165, 1.54) is 24.3 Å². The van der Waals surface area contributed by atoms with Gasteiger partial charge in [0.05, 0.1) is 12.2 Å². The molecule has 0 aliphatic heterocycles. The monoisotopic (exact) mass is 338 g/mol. The number of benzene rings is 2. The van der Waals surface area contributed by atoms with Gasteiger partial charge in [0.15, 0.2) is 0 Å². The van der Waals surface area contributed by atoms with E-state index in [9.17, 15) is 13.6 Å². The van der Waals surface area contributed by atoms with Crippen LogP contribution in [0.4, 0.5) is 14.5 Å². The first-order valence-corrected chi connectivity index (χ1v) is 7.42. The molecule has 0 saturated heterocycles. The number of aryl methyl sites for hydroxylation is 1. The second-order valence-electron chi connectivity index (χ2n) is 5.40. The van der Waals surface area contributed by atoms with Crippen molar-refractivity contribution in [3.8, 4) is 0 Å². The highest BCUT2D eigenvalue weighted by Gasteiger charge is 2.13. The lowest BCUT2D eigenvalue weighted by Crippen LogP contribution is -2.30. The zero-order valence-corrected chi connectivity index (χ0v) is 13.6. The van der Waals surface area contributed by atoms with E-state index in [1.807, 2.05) is 0 Å². The van der Waals surface area contributed by atoms with Crippen LogP contribution in [0, 0.1) is 18.6 Å². The van der Waals surface area contributed by atoms with E-state index < -0.39 is 11.6 Å². The Morgan fingerprint density at radius 2 is 1.96 bits per heavy atom. The average Bonchev–Trinajstić information content (AvgIpc) is 2.46. The minimum absolute atomic E-state index is 0.0159. The molecular weight excluding hydrogens is 322 g/mol. The van der Waals surface area contributed by atoms with Crippen LogP contribution < -0.4 is 5.32 Å². The number of nitrogens with one attached hydrogen (secondary N) is 1. The lowest BCUT2D eigenvalue weighted by molar-refractivity contribution is -0.117. The molecule has 23 heavy (non-hydrogen) atoms. The summed E-state index contributed by atoms with van der Waals surface area (Å²) in [6.45, 7) is 1.92. The smallest absolute Gasteiger partial charge is 0.238 e. The number of carbonyl (C=O) groups excluding carboxylic acids is 1. The lowest BCUT2D eigenvalue weighted by Gasteiger charge is -2.17. The van der Waals surface area contributed by atoms with Crippen molar-refractivity contribution in [2.24, 2.45) is 0 Å². The summed E-state index contributed by atoms with van der Waals surface area (Å²) in [6, 6.07) is 9.00. The molecule has 3 nitrogen and oxygen atoms in total. The summed E-state index contributed by atoms with van der Waals surface area (Å²) in [6.07, 6.45) is 0. The molecule has 0 unspecified atom stereocenters. The van der Waals surface area contributed by atoms with Crippen molar-refractivity contribution in [2.75, 3.05) is 18.9 Å². The highest BCUT2D eigenvalue weighted by Crippen LogP contribution is 2.20. The van der Waals surface area contributed by atoms with E-state index in [0.717, 1.165) is 5.56 Å². The third-order valence-electron chi connectivity index (χ3n) is 3.30. The van der Waals surface area contributed by atoms with E-state index in [2.05, 4.69) is 5.32 Å². The number of hydrogen-bond donors (Lipinski definition) is 1. The fraction of sp³-hybridized carbons (Fsp3) is 0.235. The zero-order chi connectivity index (χ0) is 17.0. The number of hydrogen-bond acceptors (Lipinski definition) is 2. The van der Waals surface area contributed by atoms with Crippen molar-refractivity contribution < 1.29 is 13.6 Å².